The van der Waals surface area contributed by atoms with Gasteiger partial charge in [-0.2, -0.15) is 0 Å². The van der Waals surface area contributed by atoms with Crippen LogP contribution in [0.1, 0.15) is 46.0 Å². The largest absolute Gasteiger partial charge is 0.494 e. The van der Waals surface area contributed by atoms with Crippen molar-refractivity contribution < 1.29 is 19.1 Å². The van der Waals surface area contributed by atoms with E-state index < -0.39 is 6.04 Å². The first-order valence-corrected chi connectivity index (χ1v) is 10.7. The van der Waals surface area contributed by atoms with Gasteiger partial charge in [0.25, 0.3) is 0 Å². The Kier molecular flexibility index (Phi) is 10.1. The van der Waals surface area contributed by atoms with Gasteiger partial charge >= 0.3 is 5.97 Å². The van der Waals surface area contributed by atoms with Crippen LogP contribution in [0.4, 0.5) is 5.69 Å². The van der Waals surface area contributed by atoms with Gasteiger partial charge in [-0.25, -0.2) is 9.64 Å². The number of ether oxygens (including phenoxy) is 2. The quantitative estimate of drug-likeness (QED) is 0.286. The molecule has 0 spiro atoms. The first-order valence-electron chi connectivity index (χ1n) is 10.7. The summed E-state index contributed by atoms with van der Waals surface area (Å²) in [5.74, 6) is 0.235. The minimum atomic E-state index is -0.565. The van der Waals surface area contributed by atoms with E-state index in [1.807, 2.05) is 48.5 Å². The van der Waals surface area contributed by atoms with E-state index in [-0.39, 0.29) is 11.9 Å². The highest BCUT2D eigenvalue weighted by molar-refractivity contribution is 5.83. The molecular weight excluding hydrogens is 392 g/mol. The van der Waals surface area contributed by atoms with Crippen LogP contribution in [0, 0.1) is 6.57 Å². The predicted octanol–water partition coefficient (Wildman–Crippen LogP) is 5.30. The summed E-state index contributed by atoms with van der Waals surface area (Å²) in [5, 5.41) is 2.66. The number of hydrogen-bond acceptors (Lipinski definition) is 4. The standard InChI is InChI=1S/C25H30N2O4/c1-4-30-25(29)24(27-19(2)28)9-7-5-6-8-18-31-23-16-12-21(13-17-23)20-10-14-22(26-3)15-11-20/h10-17,24H,4-9,18H2,1-2H3,(H,27,28). The van der Waals surface area contributed by atoms with E-state index in [4.69, 9.17) is 16.0 Å². The smallest absolute Gasteiger partial charge is 0.328 e. The summed E-state index contributed by atoms with van der Waals surface area (Å²) >= 11 is 0. The summed E-state index contributed by atoms with van der Waals surface area (Å²) < 4.78 is 10.8. The van der Waals surface area contributed by atoms with Crippen molar-refractivity contribution in [3.63, 3.8) is 0 Å². The third-order valence-corrected chi connectivity index (χ3v) is 4.79. The monoisotopic (exact) mass is 422 g/mol. The summed E-state index contributed by atoms with van der Waals surface area (Å²) in [6.07, 6.45) is 4.28. The molecule has 164 valence electrons. The maximum atomic E-state index is 11.9. The molecule has 0 aliphatic carbocycles. The van der Waals surface area contributed by atoms with Crippen LogP contribution in [-0.4, -0.2) is 31.1 Å². The molecule has 0 aromatic heterocycles. The first kappa shape index (κ1) is 23.9. The van der Waals surface area contributed by atoms with Crippen LogP contribution in [0.2, 0.25) is 0 Å². The van der Waals surface area contributed by atoms with E-state index in [1.54, 1.807) is 6.92 Å². The van der Waals surface area contributed by atoms with Crippen LogP contribution in [0.25, 0.3) is 16.0 Å². The highest BCUT2D eigenvalue weighted by Gasteiger charge is 2.19. The predicted molar refractivity (Wildman–Crippen MR) is 121 cm³/mol. The van der Waals surface area contributed by atoms with E-state index in [2.05, 4.69) is 10.2 Å². The lowest BCUT2D eigenvalue weighted by Gasteiger charge is -2.16. The highest BCUT2D eigenvalue weighted by atomic mass is 16.5. The summed E-state index contributed by atoms with van der Waals surface area (Å²) in [5.41, 5.74) is 2.79. The summed E-state index contributed by atoms with van der Waals surface area (Å²) in [6.45, 7) is 11.1. The van der Waals surface area contributed by atoms with Crippen molar-refractivity contribution >= 4 is 17.6 Å². The van der Waals surface area contributed by atoms with Crippen molar-refractivity contribution in [1.29, 1.82) is 0 Å². The number of carbonyl (C=O) groups excluding carboxylic acids is 2. The van der Waals surface area contributed by atoms with Crippen LogP contribution >= 0.6 is 0 Å². The fraction of sp³-hybridized carbons (Fsp3) is 0.400. The van der Waals surface area contributed by atoms with Gasteiger partial charge in [-0.1, -0.05) is 55.7 Å². The highest BCUT2D eigenvalue weighted by Crippen LogP contribution is 2.25. The molecule has 0 saturated carbocycles. The SMILES string of the molecule is [C-]#[N+]c1ccc(-c2ccc(OCCCCCCC(NC(C)=O)C(=O)OCC)cc2)cc1. The van der Waals surface area contributed by atoms with Gasteiger partial charge < -0.3 is 14.8 Å². The molecule has 0 aliphatic heterocycles. The molecule has 0 fully saturated rings. The van der Waals surface area contributed by atoms with Crippen molar-refractivity contribution in [3.05, 3.63) is 59.9 Å². The molecule has 0 radical (unpaired) electrons. The van der Waals surface area contributed by atoms with Crippen molar-refractivity contribution in [1.82, 2.24) is 5.32 Å². The molecule has 31 heavy (non-hydrogen) atoms. The Labute approximate surface area is 184 Å². The van der Waals surface area contributed by atoms with Crippen LogP contribution in [0.5, 0.6) is 5.75 Å². The number of nitrogens with zero attached hydrogens (tertiary/aromatic N) is 1. The Bertz CT molecular complexity index is 870. The topological polar surface area (TPSA) is 69.0 Å². The van der Waals surface area contributed by atoms with Crippen LogP contribution < -0.4 is 10.1 Å². The minimum absolute atomic E-state index is 0.224. The number of benzene rings is 2. The summed E-state index contributed by atoms with van der Waals surface area (Å²) in [6, 6.07) is 14.9. The fourth-order valence-electron chi connectivity index (χ4n) is 3.20. The van der Waals surface area contributed by atoms with Gasteiger partial charge in [0.1, 0.15) is 11.8 Å². The van der Waals surface area contributed by atoms with E-state index in [0.717, 1.165) is 42.6 Å². The maximum Gasteiger partial charge on any atom is 0.328 e. The number of nitrogens with one attached hydrogen (secondary N) is 1. The molecule has 1 unspecified atom stereocenters. The molecule has 6 nitrogen and oxygen atoms in total. The molecule has 1 N–H and O–H groups in total. The number of carbonyl (C=O) groups is 2. The van der Waals surface area contributed by atoms with Crippen LogP contribution in [0.15, 0.2) is 48.5 Å². The second-order valence-corrected chi connectivity index (χ2v) is 7.24. The number of unbranched alkanes of at least 4 members (excludes halogenated alkanes) is 3. The van der Waals surface area contributed by atoms with Gasteiger partial charge in [0, 0.05) is 6.92 Å². The van der Waals surface area contributed by atoms with E-state index in [1.165, 1.54) is 6.92 Å². The van der Waals surface area contributed by atoms with Crippen molar-refractivity contribution in [2.45, 2.75) is 52.0 Å². The Morgan fingerprint density at radius 1 is 0.968 bits per heavy atom. The van der Waals surface area contributed by atoms with Gasteiger partial charge in [-0.3, -0.25) is 4.79 Å². The van der Waals surface area contributed by atoms with E-state index in [9.17, 15) is 9.59 Å². The van der Waals surface area contributed by atoms with Gasteiger partial charge in [0.2, 0.25) is 5.91 Å². The second kappa shape index (κ2) is 13.1. The average Bonchev–Trinajstić information content (AvgIpc) is 2.78. The second-order valence-electron chi connectivity index (χ2n) is 7.24. The molecule has 0 heterocycles. The zero-order valence-electron chi connectivity index (χ0n) is 18.2. The first-order chi connectivity index (χ1) is 15.0. The lowest BCUT2D eigenvalue weighted by molar-refractivity contribution is -0.147. The van der Waals surface area contributed by atoms with Gasteiger partial charge in [-0.15, -0.1) is 0 Å². The molecule has 0 bridgehead atoms. The van der Waals surface area contributed by atoms with E-state index in [0.29, 0.717) is 25.3 Å². The summed E-state index contributed by atoms with van der Waals surface area (Å²) in [4.78, 5) is 26.5. The molecule has 2 aromatic carbocycles. The number of amides is 1. The van der Waals surface area contributed by atoms with Crippen LogP contribution in [0.3, 0.4) is 0 Å². The minimum Gasteiger partial charge on any atom is -0.494 e. The Balaban J connectivity index is 1.66. The number of esters is 1. The molecule has 6 heteroatoms. The average molecular weight is 423 g/mol. The molecule has 0 saturated heterocycles. The van der Waals surface area contributed by atoms with Gasteiger partial charge in [0.15, 0.2) is 5.69 Å². The Hall–Kier alpha value is -3.33. The molecule has 0 aliphatic rings. The molecule has 1 atom stereocenters. The summed E-state index contributed by atoms with van der Waals surface area (Å²) in [7, 11) is 0. The zero-order valence-corrected chi connectivity index (χ0v) is 18.2. The molecular formula is C25H30N2O4. The maximum absolute atomic E-state index is 11.9. The number of hydrogen-bond donors (Lipinski definition) is 1. The van der Waals surface area contributed by atoms with E-state index >= 15 is 0 Å². The molecule has 1 amide bonds. The number of rotatable bonds is 12. The third kappa shape index (κ3) is 8.51. The van der Waals surface area contributed by atoms with Crippen LogP contribution in [-0.2, 0) is 14.3 Å². The normalized spacial score (nSPS) is 11.3. The molecule has 2 aromatic rings. The van der Waals surface area contributed by atoms with Gasteiger partial charge in [0.05, 0.1) is 19.8 Å². The zero-order chi connectivity index (χ0) is 22.5. The third-order valence-electron chi connectivity index (χ3n) is 4.79. The Morgan fingerprint density at radius 3 is 2.16 bits per heavy atom. The van der Waals surface area contributed by atoms with Crippen molar-refractivity contribution in [2.75, 3.05) is 13.2 Å². The van der Waals surface area contributed by atoms with Gasteiger partial charge in [-0.05, 0) is 43.0 Å². The lowest BCUT2D eigenvalue weighted by Crippen LogP contribution is -2.40. The lowest BCUT2D eigenvalue weighted by atomic mass is 10.1. The fourth-order valence-corrected chi connectivity index (χ4v) is 3.20. The molecule has 2 rings (SSSR count). The van der Waals surface area contributed by atoms with Crippen molar-refractivity contribution in [2.24, 2.45) is 0 Å². The van der Waals surface area contributed by atoms with Crippen molar-refractivity contribution in [3.8, 4) is 16.9 Å². The Morgan fingerprint density at radius 2 is 1.58 bits per heavy atom.